The number of Topliss-reactive ketones (excluding diaryl/α,β-unsaturated/α-hetero) is 2. The molecule has 20 heavy (non-hydrogen) atoms. The number of hydrogen-bond donors (Lipinski definition) is 0. The number of carbonyl (C=O) groups excluding carboxylic acids is 2. The van der Waals surface area contributed by atoms with Gasteiger partial charge in [-0.1, -0.05) is 12.1 Å². The highest BCUT2D eigenvalue weighted by atomic mass is 32.2. The Bertz CT molecular complexity index is 725. The fraction of sp³-hybridized carbons (Fsp3) is 0.125. The molecule has 0 radical (unpaired) electrons. The van der Waals surface area contributed by atoms with Crippen molar-refractivity contribution in [2.45, 2.75) is 23.6 Å². The molecule has 0 aliphatic carbocycles. The summed E-state index contributed by atoms with van der Waals surface area (Å²) in [5.74, 6) is -0.0653. The number of benzene rings is 2. The number of hydrogen-bond acceptors (Lipinski definition) is 3. The molecule has 0 unspecified atom stereocenters. The maximum absolute atomic E-state index is 12.4. The van der Waals surface area contributed by atoms with Crippen LogP contribution in [0.25, 0.3) is 11.1 Å². The van der Waals surface area contributed by atoms with E-state index in [1.165, 1.54) is 13.8 Å². The predicted octanol–water partition coefficient (Wildman–Crippen LogP) is 3.24. The number of fused-ring (bicyclic) bond motifs is 3. The van der Waals surface area contributed by atoms with Crippen LogP contribution >= 0.6 is 0 Å². The molecule has 2 aromatic rings. The molecule has 0 bridgehead atoms. The minimum Gasteiger partial charge on any atom is -0.295 e. The fourth-order valence-corrected chi connectivity index (χ4v) is 3.72. The molecule has 0 saturated carbocycles. The van der Waals surface area contributed by atoms with Crippen molar-refractivity contribution in [3.05, 3.63) is 47.5 Å². The Hall–Kier alpha value is -2.07. The monoisotopic (exact) mass is 284 g/mol. The standard InChI is InChI=1S/C16H12O3S/c1-9(17)11-3-5-15-13(7-11)14-8-12(10(2)18)4-6-16(14)20(15)19/h3-8H,1-2H3. The second-order valence-electron chi connectivity index (χ2n) is 4.80. The van der Waals surface area contributed by atoms with Crippen molar-refractivity contribution in [3.8, 4) is 11.1 Å². The van der Waals surface area contributed by atoms with E-state index in [0.29, 0.717) is 20.9 Å². The summed E-state index contributed by atoms with van der Waals surface area (Å²) in [6, 6.07) is 10.4. The summed E-state index contributed by atoms with van der Waals surface area (Å²) in [5.41, 5.74) is 2.74. The van der Waals surface area contributed by atoms with Gasteiger partial charge in [-0.15, -0.1) is 0 Å². The lowest BCUT2D eigenvalue weighted by atomic mass is 9.99. The van der Waals surface area contributed by atoms with Gasteiger partial charge in [-0.25, -0.2) is 4.21 Å². The largest absolute Gasteiger partial charge is 0.295 e. The molecule has 0 spiro atoms. The second kappa shape index (κ2) is 4.49. The summed E-state index contributed by atoms with van der Waals surface area (Å²) in [5, 5.41) is 0. The lowest BCUT2D eigenvalue weighted by Gasteiger charge is -2.03. The smallest absolute Gasteiger partial charge is 0.159 e. The molecule has 0 atom stereocenters. The molecule has 1 aliphatic heterocycles. The highest BCUT2D eigenvalue weighted by Gasteiger charge is 2.26. The van der Waals surface area contributed by atoms with Gasteiger partial charge in [0, 0.05) is 22.3 Å². The van der Waals surface area contributed by atoms with Crippen molar-refractivity contribution in [1.29, 1.82) is 0 Å². The van der Waals surface area contributed by atoms with Crippen LogP contribution in [0.4, 0.5) is 0 Å². The summed E-state index contributed by atoms with van der Waals surface area (Å²) in [6.45, 7) is 3.00. The summed E-state index contributed by atoms with van der Waals surface area (Å²) in [4.78, 5) is 24.4. The zero-order valence-corrected chi connectivity index (χ0v) is 11.9. The topological polar surface area (TPSA) is 51.2 Å². The van der Waals surface area contributed by atoms with Crippen LogP contribution < -0.4 is 0 Å². The molecule has 1 heterocycles. The van der Waals surface area contributed by atoms with Gasteiger partial charge in [-0.05, 0) is 38.1 Å². The Morgan fingerprint density at radius 2 is 1.20 bits per heavy atom. The van der Waals surface area contributed by atoms with Gasteiger partial charge in [0.15, 0.2) is 11.6 Å². The molecule has 0 aromatic heterocycles. The number of ketones is 2. The Morgan fingerprint density at radius 3 is 1.55 bits per heavy atom. The first-order valence-electron chi connectivity index (χ1n) is 6.21. The minimum atomic E-state index is -1.24. The van der Waals surface area contributed by atoms with Crippen LogP contribution in [-0.2, 0) is 10.8 Å². The van der Waals surface area contributed by atoms with E-state index in [1.807, 2.05) is 0 Å². The first-order chi connectivity index (χ1) is 9.49. The van der Waals surface area contributed by atoms with Gasteiger partial charge in [0.05, 0.1) is 20.6 Å². The zero-order chi connectivity index (χ0) is 14.4. The van der Waals surface area contributed by atoms with Crippen molar-refractivity contribution >= 4 is 22.4 Å². The molecule has 100 valence electrons. The van der Waals surface area contributed by atoms with Gasteiger partial charge in [-0.3, -0.25) is 9.59 Å². The highest BCUT2D eigenvalue weighted by Crippen LogP contribution is 2.41. The lowest BCUT2D eigenvalue weighted by molar-refractivity contribution is 0.100. The third-order valence-corrected chi connectivity index (χ3v) is 4.97. The first-order valence-corrected chi connectivity index (χ1v) is 7.36. The quantitative estimate of drug-likeness (QED) is 0.679. The molecule has 0 saturated heterocycles. The average Bonchev–Trinajstić information content (AvgIpc) is 2.71. The van der Waals surface area contributed by atoms with Crippen molar-refractivity contribution in [3.63, 3.8) is 0 Å². The normalized spacial score (nSPS) is 12.9. The Balaban J connectivity index is 2.27. The molecule has 3 rings (SSSR count). The molecular weight excluding hydrogens is 272 g/mol. The van der Waals surface area contributed by atoms with Gasteiger partial charge in [0.1, 0.15) is 0 Å². The van der Waals surface area contributed by atoms with E-state index in [2.05, 4.69) is 0 Å². The Labute approximate surface area is 119 Å². The molecule has 0 N–H and O–H groups in total. The lowest BCUT2D eigenvalue weighted by Crippen LogP contribution is -1.93. The van der Waals surface area contributed by atoms with Crippen molar-refractivity contribution < 1.29 is 13.8 Å². The van der Waals surface area contributed by atoms with Gasteiger partial charge in [0.2, 0.25) is 0 Å². The van der Waals surface area contributed by atoms with Crippen LogP contribution in [0.15, 0.2) is 46.2 Å². The Kier molecular flexibility index (Phi) is 2.91. The van der Waals surface area contributed by atoms with E-state index in [4.69, 9.17) is 0 Å². The zero-order valence-electron chi connectivity index (χ0n) is 11.1. The van der Waals surface area contributed by atoms with E-state index in [9.17, 15) is 13.8 Å². The molecule has 3 nitrogen and oxygen atoms in total. The maximum Gasteiger partial charge on any atom is 0.159 e. The van der Waals surface area contributed by atoms with E-state index in [1.54, 1.807) is 36.4 Å². The van der Waals surface area contributed by atoms with Crippen LogP contribution in [0.2, 0.25) is 0 Å². The summed E-state index contributed by atoms with van der Waals surface area (Å²) in [7, 11) is -1.24. The van der Waals surface area contributed by atoms with Crippen LogP contribution in [0.1, 0.15) is 34.6 Å². The Morgan fingerprint density at radius 1 is 0.800 bits per heavy atom. The van der Waals surface area contributed by atoms with Gasteiger partial charge >= 0.3 is 0 Å². The van der Waals surface area contributed by atoms with Crippen molar-refractivity contribution in [2.75, 3.05) is 0 Å². The average molecular weight is 284 g/mol. The fourth-order valence-electron chi connectivity index (χ4n) is 2.36. The van der Waals surface area contributed by atoms with E-state index < -0.39 is 10.8 Å². The number of rotatable bonds is 2. The molecule has 0 amide bonds. The van der Waals surface area contributed by atoms with E-state index in [0.717, 1.165) is 11.1 Å². The summed E-state index contributed by atoms with van der Waals surface area (Å²) < 4.78 is 12.4. The SMILES string of the molecule is CC(=O)c1ccc2c(c1)-c1cc(C(C)=O)ccc1S2=O. The van der Waals surface area contributed by atoms with E-state index in [-0.39, 0.29) is 11.6 Å². The maximum atomic E-state index is 12.4. The highest BCUT2D eigenvalue weighted by molar-refractivity contribution is 7.85. The van der Waals surface area contributed by atoms with Crippen LogP contribution in [0.5, 0.6) is 0 Å². The molecule has 2 aromatic carbocycles. The van der Waals surface area contributed by atoms with Gasteiger partial charge in [0.25, 0.3) is 0 Å². The summed E-state index contributed by atoms with van der Waals surface area (Å²) >= 11 is 0. The van der Waals surface area contributed by atoms with Gasteiger partial charge in [-0.2, -0.15) is 0 Å². The first kappa shape index (κ1) is 12.9. The third-order valence-electron chi connectivity index (χ3n) is 3.46. The van der Waals surface area contributed by atoms with Crippen LogP contribution in [0, 0.1) is 0 Å². The predicted molar refractivity (Wildman–Crippen MR) is 76.6 cm³/mol. The molecule has 0 fully saturated rings. The van der Waals surface area contributed by atoms with Crippen LogP contribution in [-0.4, -0.2) is 15.8 Å². The second-order valence-corrected chi connectivity index (χ2v) is 6.22. The van der Waals surface area contributed by atoms with Crippen LogP contribution in [0.3, 0.4) is 0 Å². The number of carbonyl (C=O) groups is 2. The molecular formula is C16H12O3S. The molecule has 4 heteroatoms. The van der Waals surface area contributed by atoms with Crippen molar-refractivity contribution in [1.82, 2.24) is 0 Å². The van der Waals surface area contributed by atoms with Gasteiger partial charge < -0.3 is 0 Å². The minimum absolute atomic E-state index is 0.0326. The van der Waals surface area contributed by atoms with Crippen molar-refractivity contribution in [2.24, 2.45) is 0 Å². The summed E-state index contributed by atoms with van der Waals surface area (Å²) in [6.07, 6.45) is 0. The molecule has 1 aliphatic rings. The van der Waals surface area contributed by atoms with E-state index >= 15 is 0 Å². The third kappa shape index (κ3) is 1.84.